The van der Waals surface area contributed by atoms with Crippen LogP contribution in [0.2, 0.25) is 0 Å². The molecule has 0 aromatic heterocycles. The van der Waals surface area contributed by atoms with Crippen LogP contribution in [0.4, 0.5) is 0 Å². The summed E-state index contributed by atoms with van der Waals surface area (Å²) in [6.45, 7) is 4.29. The first-order valence-corrected chi connectivity index (χ1v) is 7.46. The standard InChI is InChI=1S/C19H20N2O/c1-14(2)12-18(16-6-4-3-5-7-16)21-19(22)17-10-8-15(13-20)9-11-17/h3-11,14,18H,12H2,1-2H3,(H,21,22)/t18-/m1/s1. The molecule has 0 unspecified atom stereocenters. The van der Waals surface area contributed by atoms with E-state index >= 15 is 0 Å². The Balaban J connectivity index is 2.15. The molecule has 0 aliphatic carbocycles. The third-order valence-corrected chi connectivity index (χ3v) is 3.49. The fraction of sp³-hybridized carbons (Fsp3) is 0.263. The SMILES string of the molecule is CC(C)C[C@@H](NC(=O)c1ccc(C#N)cc1)c1ccccc1. The van der Waals surface area contributed by atoms with E-state index in [0.717, 1.165) is 12.0 Å². The summed E-state index contributed by atoms with van der Waals surface area (Å²) in [6, 6.07) is 18.7. The number of rotatable bonds is 5. The van der Waals surface area contributed by atoms with Crippen LogP contribution < -0.4 is 5.32 Å². The van der Waals surface area contributed by atoms with E-state index in [9.17, 15) is 4.79 Å². The lowest BCUT2D eigenvalue weighted by Crippen LogP contribution is -2.29. The van der Waals surface area contributed by atoms with E-state index in [1.54, 1.807) is 24.3 Å². The predicted octanol–water partition coefficient (Wildman–Crippen LogP) is 4.08. The zero-order valence-electron chi connectivity index (χ0n) is 12.9. The van der Waals surface area contributed by atoms with Gasteiger partial charge in [-0.25, -0.2) is 0 Å². The van der Waals surface area contributed by atoms with Gasteiger partial charge in [0.15, 0.2) is 0 Å². The van der Waals surface area contributed by atoms with Gasteiger partial charge in [-0.15, -0.1) is 0 Å². The van der Waals surface area contributed by atoms with Crippen LogP contribution in [0, 0.1) is 17.2 Å². The van der Waals surface area contributed by atoms with Crippen LogP contribution in [0.1, 0.15) is 47.8 Å². The Kier molecular flexibility index (Phi) is 5.32. The van der Waals surface area contributed by atoms with Crippen molar-refractivity contribution in [2.45, 2.75) is 26.3 Å². The summed E-state index contributed by atoms with van der Waals surface area (Å²) in [5, 5.41) is 11.9. The summed E-state index contributed by atoms with van der Waals surface area (Å²) in [4.78, 5) is 12.4. The molecule has 0 heterocycles. The van der Waals surface area contributed by atoms with E-state index in [1.807, 2.05) is 30.3 Å². The van der Waals surface area contributed by atoms with Crippen LogP contribution >= 0.6 is 0 Å². The molecule has 0 aliphatic heterocycles. The second-order valence-electron chi connectivity index (χ2n) is 5.76. The third-order valence-electron chi connectivity index (χ3n) is 3.49. The van der Waals surface area contributed by atoms with E-state index in [2.05, 4.69) is 25.2 Å². The average molecular weight is 292 g/mol. The maximum Gasteiger partial charge on any atom is 0.251 e. The van der Waals surface area contributed by atoms with E-state index in [0.29, 0.717) is 17.0 Å². The molecule has 1 atom stereocenters. The van der Waals surface area contributed by atoms with Crippen LogP contribution in [-0.2, 0) is 0 Å². The van der Waals surface area contributed by atoms with E-state index in [1.165, 1.54) is 0 Å². The van der Waals surface area contributed by atoms with Crippen molar-refractivity contribution in [2.24, 2.45) is 5.92 Å². The van der Waals surface area contributed by atoms with Crippen molar-refractivity contribution in [2.75, 3.05) is 0 Å². The van der Waals surface area contributed by atoms with Crippen LogP contribution in [-0.4, -0.2) is 5.91 Å². The van der Waals surface area contributed by atoms with Gasteiger partial charge in [0, 0.05) is 5.56 Å². The highest BCUT2D eigenvalue weighted by molar-refractivity contribution is 5.94. The van der Waals surface area contributed by atoms with Crippen molar-refractivity contribution in [1.82, 2.24) is 5.32 Å². The highest BCUT2D eigenvalue weighted by atomic mass is 16.1. The molecule has 0 saturated carbocycles. The Labute approximate surface area is 131 Å². The molecule has 112 valence electrons. The van der Waals surface area contributed by atoms with E-state index in [4.69, 9.17) is 5.26 Å². The normalized spacial score (nSPS) is 11.7. The van der Waals surface area contributed by atoms with E-state index < -0.39 is 0 Å². The number of hydrogen-bond acceptors (Lipinski definition) is 2. The fourth-order valence-corrected chi connectivity index (χ4v) is 2.37. The van der Waals surface area contributed by atoms with Gasteiger partial charge in [-0.05, 0) is 42.2 Å². The van der Waals surface area contributed by atoms with Gasteiger partial charge < -0.3 is 5.32 Å². The topological polar surface area (TPSA) is 52.9 Å². The van der Waals surface area contributed by atoms with Crippen molar-refractivity contribution >= 4 is 5.91 Å². The molecule has 3 heteroatoms. The summed E-state index contributed by atoms with van der Waals surface area (Å²) >= 11 is 0. The molecule has 0 aliphatic rings. The summed E-state index contributed by atoms with van der Waals surface area (Å²) in [5.41, 5.74) is 2.24. The van der Waals surface area contributed by atoms with Crippen molar-refractivity contribution in [3.8, 4) is 6.07 Å². The molecule has 0 spiro atoms. The molecule has 22 heavy (non-hydrogen) atoms. The maximum absolute atomic E-state index is 12.4. The molecular weight excluding hydrogens is 272 g/mol. The van der Waals surface area contributed by atoms with Gasteiger partial charge in [-0.1, -0.05) is 44.2 Å². The lowest BCUT2D eigenvalue weighted by molar-refractivity contribution is 0.0932. The van der Waals surface area contributed by atoms with Gasteiger partial charge in [0.1, 0.15) is 0 Å². The average Bonchev–Trinajstić information content (AvgIpc) is 2.54. The van der Waals surface area contributed by atoms with Gasteiger partial charge in [-0.3, -0.25) is 4.79 Å². The van der Waals surface area contributed by atoms with Crippen molar-refractivity contribution in [3.05, 3.63) is 71.3 Å². The molecule has 0 bridgehead atoms. The number of benzene rings is 2. The largest absolute Gasteiger partial charge is 0.345 e. The quantitative estimate of drug-likeness (QED) is 0.903. The van der Waals surface area contributed by atoms with E-state index in [-0.39, 0.29) is 11.9 Å². The summed E-state index contributed by atoms with van der Waals surface area (Å²) in [5.74, 6) is 0.366. The molecular formula is C19H20N2O. The molecule has 1 N–H and O–H groups in total. The first-order chi connectivity index (χ1) is 10.6. The second kappa shape index (κ2) is 7.42. The van der Waals surface area contributed by atoms with Crippen LogP contribution in [0.3, 0.4) is 0 Å². The number of amides is 1. The maximum atomic E-state index is 12.4. The van der Waals surface area contributed by atoms with Crippen molar-refractivity contribution < 1.29 is 4.79 Å². The zero-order chi connectivity index (χ0) is 15.9. The Morgan fingerprint density at radius 1 is 1.09 bits per heavy atom. The highest BCUT2D eigenvalue weighted by Gasteiger charge is 2.16. The number of carbonyl (C=O) groups is 1. The minimum Gasteiger partial charge on any atom is -0.345 e. The zero-order valence-corrected chi connectivity index (χ0v) is 12.9. The first kappa shape index (κ1) is 15.8. The molecule has 2 aromatic carbocycles. The Hall–Kier alpha value is -2.60. The first-order valence-electron chi connectivity index (χ1n) is 7.46. The lowest BCUT2D eigenvalue weighted by Gasteiger charge is -2.21. The van der Waals surface area contributed by atoms with Crippen LogP contribution in [0.5, 0.6) is 0 Å². The minimum absolute atomic E-state index is 0.00987. The number of carbonyl (C=O) groups excluding carboxylic acids is 1. The van der Waals surface area contributed by atoms with Gasteiger partial charge in [-0.2, -0.15) is 5.26 Å². The number of nitriles is 1. The van der Waals surface area contributed by atoms with Gasteiger partial charge in [0.05, 0.1) is 17.7 Å². The van der Waals surface area contributed by atoms with Crippen LogP contribution in [0.15, 0.2) is 54.6 Å². The highest BCUT2D eigenvalue weighted by Crippen LogP contribution is 2.21. The minimum atomic E-state index is -0.112. The summed E-state index contributed by atoms with van der Waals surface area (Å²) in [6.07, 6.45) is 0.881. The Morgan fingerprint density at radius 2 is 1.73 bits per heavy atom. The Bertz CT molecular complexity index is 654. The molecule has 0 saturated heterocycles. The summed E-state index contributed by atoms with van der Waals surface area (Å²) < 4.78 is 0. The molecule has 3 nitrogen and oxygen atoms in total. The fourth-order valence-electron chi connectivity index (χ4n) is 2.37. The number of nitrogens with one attached hydrogen (secondary N) is 1. The summed E-state index contributed by atoms with van der Waals surface area (Å²) in [7, 11) is 0. The van der Waals surface area contributed by atoms with Gasteiger partial charge in [0.25, 0.3) is 5.91 Å². The van der Waals surface area contributed by atoms with Crippen LogP contribution in [0.25, 0.3) is 0 Å². The van der Waals surface area contributed by atoms with Crippen molar-refractivity contribution in [3.63, 3.8) is 0 Å². The third kappa shape index (κ3) is 4.20. The van der Waals surface area contributed by atoms with Crippen molar-refractivity contribution in [1.29, 1.82) is 5.26 Å². The molecule has 1 amide bonds. The monoisotopic (exact) mass is 292 g/mol. The van der Waals surface area contributed by atoms with Gasteiger partial charge in [0.2, 0.25) is 0 Å². The molecule has 2 rings (SSSR count). The molecule has 2 aromatic rings. The van der Waals surface area contributed by atoms with Gasteiger partial charge >= 0.3 is 0 Å². The predicted molar refractivity (Wildman–Crippen MR) is 87.3 cm³/mol. The molecule has 0 fully saturated rings. The smallest absolute Gasteiger partial charge is 0.251 e. The second-order valence-corrected chi connectivity index (χ2v) is 5.76. The lowest BCUT2D eigenvalue weighted by atomic mass is 9.96. The molecule has 0 radical (unpaired) electrons. The number of nitrogens with zero attached hydrogens (tertiary/aromatic N) is 1. The number of hydrogen-bond donors (Lipinski definition) is 1. The Morgan fingerprint density at radius 3 is 2.27 bits per heavy atom.